The molecule has 1 aliphatic carbocycles. The molecule has 5 aromatic rings. The fraction of sp³-hybridized carbons (Fsp3) is 0.537. The number of para-hydroxylation sites is 1. The molecular formula is C41H50F2N12O5. The molecule has 7 heterocycles. The summed E-state index contributed by atoms with van der Waals surface area (Å²) in [6, 6.07) is 7.24. The predicted molar refractivity (Wildman–Crippen MR) is 219 cm³/mol. The van der Waals surface area contributed by atoms with Crippen molar-refractivity contribution in [3.05, 3.63) is 64.6 Å². The first kappa shape index (κ1) is 39.8. The number of ether oxygens (including phenoxy) is 1. The van der Waals surface area contributed by atoms with Gasteiger partial charge in [-0.25, -0.2) is 23.1 Å². The first-order chi connectivity index (χ1) is 29.0. The van der Waals surface area contributed by atoms with Crippen LogP contribution in [0, 0.1) is 5.92 Å². The number of piperidine rings is 2. The zero-order valence-corrected chi connectivity index (χ0v) is 33.8. The van der Waals surface area contributed by atoms with Crippen LogP contribution in [0.15, 0.2) is 47.7 Å². The monoisotopic (exact) mass is 828 g/mol. The summed E-state index contributed by atoms with van der Waals surface area (Å²) in [4.78, 5) is 63.0. The van der Waals surface area contributed by atoms with Crippen molar-refractivity contribution in [3.63, 3.8) is 0 Å². The van der Waals surface area contributed by atoms with E-state index in [9.17, 15) is 28.0 Å². The molecule has 60 heavy (non-hydrogen) atoms. The van der Waals surface area contributed by atoms with Crippen LogP contribution < -0.4 is 26.1 Å². The average Bonchev–Trinajstić information content (AvgIpc) is 3.95. The quantitative estimate of drug-likeness (QED) is 0.196. The van der Waals surface area contributed by atoms with E-state index in [0.29, 0.717) is 55.2 Å². The van der Waals surface area contributed by atoms with Crippen molar-refractivity contribution in [2.45, 2.75) is 75.9 Å². The van der Waals surface area contributed by atoms with Gasteiger partial charge in [0.05, 0.1) is 47.9 Å². The third kappa shape index (κ3) is 7.52. The molecule has 2 N–H and O–H groups in total. The lowest BCUT2D eigenvalue weighted by atomic mass is 9.85. The number of nitrogens with zero attached hydrogens (tertiary/aromatic N) is 10. The summed E-state index contributed by atoms with van der Waals surface area (Å²) >= 11 is 0. The number of imide groups is 1. The van der Waals surface area contributed by atoms with Crippen LogP contribution in [0.25, 0.3) is 16.7 Å². The van der Waals surface area contributed by atoms with Gasteiger partial charge < -0.3 is 24.8 Å². The maximum atomic E-state index is 14.3. The van der Waals surface area contributed by atoms with Crippen LogP contribution in [-0.4, -0.2) is 115 Å². The molecule has 318 valence electrons. The molecule has 0 spiro atoms. The SMILES string of the molecule is CN(CC1CCC(n2cc(NC(=O)c3cnn4ccc(N5CCOCC5)nc34)c(C(F)F)n2)CC1)C1CCN(c2cccc3c2n(C)c(=O)n3C2CCC(=O)NC2=O)CC1. The van der Waals surface area contributed by atoms with Gasteiger partial charge in [0.25, 0.3) is 12.3 Å². The van der Waals surface area contributed by atoms with Crippen molar-refractivity contribution in [3.8, 4) is 0 Å². The second-order valence-electron chi connectivity index (χ2n) is 16.5. The van der Waals surface area contributed by atoms with Crippen LogP contribution in [0.5, 0.6) is 0 Å². The van der Waals surface area contributed by atoms with Crippen molar-refractivity contribution < 1.29 is 27.9 Å². The Kier molecular flexibility index (Phi) is 10.9. The Labute approximate surface area is 344 Å². The van der Waals surface area contributed by atoms with Crippen LogP contribution in [0.4, 0.5) is 26.0 Å². The molecule has 3 aliphatic heterocycles. The molecule has 3 saturated heterocycles. The Bertz CT molecular complexity index is 2470. The smallest absolute Gasteiger partial charge is 0.329 e. The number of hydrogen-bond acceptors (Lipinski definition) is 11. The van der Waals surface area contributed by atoms with E-state index < -0.39 is 30.0 Å². The second kappa shape index (κ2) is 16.4. The van der Waals surface area contributed by atoms with E-state index in [4.69, 9.17) is 4.74 Å². The molecule has 4 aromatic heterocycles. The number of fused-ring (bicyclic) bond motifs is 2. The molecule has 4 fully saturated rings. The molecule has 0 radical (unpaired) electrons. The summed E-state index contributed by atoms with van der Waals surface area (Å²) in [5.41, 5.74) is 2.19. The van der Waals surface area contributed by atoms with Crippen molar-refractivity contribution >= 4 is 51.6 Å². The maximum Gasteiger partial charge on any atom is 0.329 e. The van der Waals surface area contributed by atoms with E-state index in [0.717, 1.165) is 69.4 Å². The van der Waals surface area contributed by atoms with E-state index in [2.05, 4.69) is 47.6 Å². The Hall–Kier alpha value is -5.69. The number of amides is 3. The second-order valence-corrected chi connectivity index (χ2v) is 16.5. The maximum absolute atomic E-state index is 14.3. The minimum atomic E-state index is -2.87. The minimum absolute atomic E-state index is 0.0165. The lowest BCUT2D eigenvalue weighted by Crippen LogP contribution is -2.45. The van der Waals surface area contributed by atoms with Gasteiger partial charge in [0.1, 0.15) is 17.4 Å². The van der Waals surface area contributed by atoms with E-state index >= 15 is 0 Å². The molecule has 0 bridgehead atoms. The molecule has 9 rings (SSSR count). The molecule has 1 atom stereocenters. The summed E-state index contributed by atoms with van der Waals surface area (Å²) in [6.45, 7) is 5.07. The number of alkyl halides is 2. The van der Waals surface area contributed by atoms with E-state index in [1.165, 1.54) is 21.5 Å². The van der Waals surface area contributed by atoms with Crippen molar-refractivity contribution in [1.29, 1.82) is 0 Å². The number of benzene rings is 1. The first-order valence-corrected chi connectivity index (χ1v) is 20.9. The number of anilines is 3. The highest BCUT2D eigenvalue weighted by Gasteiger charge is 2.34. The number of rotatable bonds is 10. The number of aromatic nitrogens is 7. The zero-order chi connectivity index (χ0) is 41.7. The number of imidazole rings is 1. The van der Waals surface area contributed by atoms with Crippen LogP contribution in [-0.2, 0) is 21.4 Å². The van der Waals surface area contributed by atoms with Gasteiger partial charge in [-0.1, -0.05) is 6.07 Å². The van der Waals surface area contributed by atoms with Gasteiger partial charge in [0.15, 0.2) is 11.3 Å². The number of morpholine rings is 1. The lowest BCUT2D eigenvalue weighted by Gasteiger charge is -2.40. The van der Waals surface area contributed by atoms with E-state index in [1.807, 2.05) is 24.3 Å². The highest BCUT2D eigenvalue weighted by atomic mass is 19.3. The topological polar surface area (TPSA) is 169 Å². The van der Waals surface area contributed by atoms with Crippen LogP contribution in [0.3, 0.4) is 0 Å². The fourth-order valence-corrected chi connectivity index (χ4v) is 9.63. The van der Waals surface area contributed by atoms with Crippen LogP contribution >= 0.6 is 0 Å². The largest absolute Gasteiger partial charge is 0.378 e. The Morgan fingerprint density at radius 2 is 1.77 bits per heavy atom. The molecular weight excluding hydrogens is 779 g/mol. The molecule has 17 nitrogen and oxygen atoms in total. The number of carbonyl (C=O) groups excluding carboxylic acids is 3. The molecule has 1 aromatic carbocycles. The van der Waals surface area contributed by atoms with Gasteiger partial charge in [-0.3, -0.25) is 33.5 Å². The van der Waals surface area contributed by atoms with E-state index in [-0.39, 0.29) is 41.7 Å². The molecule has 4 aliphatic rings. The molecule has 3 amide bonds. The summed E-state index contributed by atoms with van der Waals surface area (Å²) in [5.74, 6) is -0.202. The molecule has 1 unspecified atom stereocenters. The summed E-state index contributed by atoms with van der Waals surface area (Å²) in [6.07, 6.45) is 7.60. The predicted octanol–water partition coefficient (Wildman–Crippen LogP) is 3.92. The third-order valence-corrected chi connectivity index (χ3v) is 12.9. The Balaban J connectivity index is 0.801. The standard InChI is InChI=1S/C41H50F2N12O5/c1-49(26-12-15-51(16-13-26)30-4-3-5-31-36(30)50(2)41(59)55(31)32-10-11-34(56)47-40(32)58)23-25-6-8-27(9-7-25)54-24-29(35(48-54)37(42)43)45-39(57)28-22-44-53-17-14-33(46-38(28)53)52-18-20-60-21-19-52/h3-5,14,17,22,24-27,32,37H,6-13,15-16,18-21,23H2,1-2H3,(H,45,57)(H,47,56,58). The Morgan fingerprint density at radius 3 is 2.50 bits per heavy atom. The number of carbonyl (C=O) groups is 3. The normalized spacial score (nSPS) is 22.1. The summed E-state index contributed by atoms with van der Waals surface area (Å²) in [5, 5.41) is 13.6. The number of halogens is 2. The number of nitrogens with one attached hydrogen (secondary N) is 2. The average molecular weight is 829 g/mol. The zero-order valence-electron chi connectivity index (χ0n) is 33.8. The molecule has 1 saturated carbocycles. The summed E-state index contributed by atoms with van der Waals surface area (Å²) < 4.78 is 40.3. The highest BCUT2D eigenvalue weighted by Crippen LogP contribution is 2.37. The number of aryl methyl sites for hydroxylation is 1. The lowest BCUT2D eigenvalue weighted by molar-refractivity contribution is -0.135. The summed E-state index contributed by atoms with van der Waals surface area (Å²) in [7, 11) is 3.91. The fourth-order valence-electron chi connectivity index (χ4n) is 9.63. The van der Waals surface area contributed by atoms with Crippen LogP contribution in [0.2, 0.25) is 0 Å². The van der Waals surface area contributed by atoms with Crippen molar-refractivity contribution in [2.75, 3.05) is 68.1 Å². The van der Waals surface area contributed by atoms with Crippen LogP contribution in [0.1, 0.15) is 85.9 Å². The van der Waals surface area contributed by atoms with Gasteiger partial charge in [0, 0.05) is 64.6 Å². The minimum Gasteiger partial charge on any atom is -0.378 e. The van der Waals surface area contributed by atoms with Gasteiger partial charge in [0.2, 0.25) is 11.8 Å². The van der Waals surface area contributed by atoms with Crippen molar-refractivity contribution in [2.24, 2.45) is 13.0 Å². The Morgan fingerprint density at radius 1 is 1.00 bits per heavy atom. The molecule has 19 heteroatoms. The highest BCUT2D eigenvalue weighted by molar-refractivity contribution is 6.08. The first-order valence-electron chi connectivity index (χ1n) is 20.9. The van der Waals surface area contributed by atoms with Crippen molar-refractivity contribution in [1.82, 2.24) is 43.7 Å². The third-order valence-electron chi connectivity index (χ3n) is 12.9. The van der Waals surface area contributed by atoms with Gasteiger partial charge >= 0.3 is 5.69 Å². The van der Waals surface area contributed by atoms with E-state index in [1.54, 1.807) is 22.5 Å². The van der Waals surface area contributed by atoms with Gasteiger partial charge in [-0.2, -0.15) is 10.2 Å². The number of hydrogen-bond donors (Lipinski definition) is 2. The van der Waals surface area contributed by atoms with Gasteiger partial charge in [-0.05, 0) is 76.1 Å². The van der Waals surface area contributed by atoms with Gasteiger partial charge in [-0.15, -0.1) is 0 Å².